The number of hydrogen-bond donors (Lipinski definition) is 0. The van der Waals surface area contributed by atoms with Gasteiger partial charge in [0.15, 0.2) is 0 Å². The highest BCUT2D eigenvalue weighted by molar-refractivity contribution is 5.76. The van der Waals surface area contributed by atoms with Gasteiger partial charge in [0.1, 0.15) is 0 Å². The summed E-state index contributed by atoms with van der Waals surface area (Å²) < 4.78 is 0. The SMILES string of the molecule is c1ccc(N(c2ccccc2)c2ccc(C3CCCCCC3)cc2)cc1. The number of anilines is 3. The number of para-hydroxylation sites is 2. The molecule has 1 nitrogen and oxygen atoms in total. The number of nitrogens with zero attached hydrogens (tertiary/aromatic N) is 1. The van der Waals surface area contributed by atoms with E-state index in [1.54, 1.807) is 0 Å². The molecule has 1 aliphatic carbocycles. The van der Waals surface area contributed by atoms with E-state index in [2.05, 4.69) is 89.8 Å². The first-order valence-electron chi connectivity index (χ1n) is 9.92. The van der Waals surface area contributed by atoms with Crippen molar-refractivity contribution in [1.82, 2.24) is 0 Å². The molecule has 0 amide bonds. The molecule has 0 N–H and O–H groups in total. The van der Waals surface area contributed by atoms with Crippen LogP contribution in [0.2, 0.25) is 0 Å². The largest absolute Gasteiger partial charge is 0.311 e. The third-order valence-electron chi connectivity index (χ3n) is 5.51. The fraction of sp³-hybridized carbons (Fsp3) is 0.280. The Hall–Kier alpha value is -2.54. The summed E-state index contributed by atoms with van der Waals surface area (Å²) in [6.07, 6.45) is 8.27. The average molecular weight is 341 g/mol. The third kappa shape index (κ3) is 3.83. The summed E-state index contributed by atoms with van der Waals surface area (Å²) in [5.74, 6) is 0.744. The first-order chi connectivity index (χ1) is 12.9. The van der Waals surface area contributed by atoms with E-state index in [-0.39, 0.29) is 0 Å². The molecule has 1 heteroatoms. The summed E-state index contributed by atoms with van der Waals surface area (Å²) in [5.41, 5.74) is 5.12. The molecule has 0 aromatic heterocycles. The Kier molecular flexibility index (Phi) is 5.35. The van der Waals surface area contributed by atoms with Crippen LogP contribution < -0.4 is 4.90 Å². The van der Waals surface area contributed by atoms with Gasteiger partial charge in [-0.3, -0.25) is 0 Å². The van der Waals surface area contributed by atoms with Crippen LogP contribution in [0.4, 0.5) is 17.1 Å². The van der Waals surface area contributed by atoms with E-state index in [1.165, 1.54) is 61.2 Å². The number of benzene rings is 3. The van der Waals surface area contributed by atoms with E-state index in [0.717, 1.165) is 5.92 Å². The summed E-state index contributed by atoms with van der Waals surface area (Å²) in [6, 6.07) is 30.5. The molecule has 0 spiro atoms. The van der Waals surface area contributed by atoms with Crippen molar-refractivity contribution >= 4 is 17.1 Å². The fourth-order valence-electron chi connectivity index (χ4n) is 4.11. The van der Waals surface area contributed by atoms with Crippen LogP contribution in [-0.4, -0.2) is 0 Å². The van der Waals surface area contributed by atoms with Crippen LogP contribution in [-0.2, 0) is 0 Å². The molecule has 0 unspecified atom stereocenters. The second-order valence-electron chi connectivity index (χ2n) is 7.29. The number of hydrogen-bond acceptors (Lipinski definition) is 1. The molecule has 1 saturated carbocycles. The Morgan fingerprint density at radius 2 is 0.962 bits per heavy atom. The third-order valence-corrected chi connectivity index (χ3v) is 5.51. The van der Waals surface area contributed by atoms with Gasteiger partial charge < -0.3 is 4.90 Å². The molecule has 3 aromatic rings. The van der Waals surface area contributed by atoms with Crippen LogP contribution >= 0.6 is 0 Å². The zero-order valence-corrected chi connectivity index (χ0v) is 15.4. The Morgan fingerprint density at radius 1 is 0.500 bits per heavy atom. The lowest BCUT2D eigenvalue weighted by Gasteiger charge is -2.26. The van der Waals surface area contributed by atoms with Gasteiger partial charge in [0.25, 0.3) is 0 Å². The van der Waals surface area contributed by atoms with Gasteiger partial charge in [-0.25, -0.2) is 0 Å². The van der Waals surface area contributed by atoms with Crippen LogP contribution in [0, 0.1) is 0 Å². The lowest BCUT2D eigenvalue weighted by Crippen LogP contribution is -2.09. The van der Waals surface area contributed by atoms with Gasteiger partial charge in [-0.1, -0.05) is 74.2 Å². The highest BCUT2D eigenvalue weighted by Gasteiger charge is 2.16. The molecule has 132 valence electrons. The van der Waals surface area contributed by atoms with Crippen molar-refractivity contribution in [2.24, 2.45) is 0 Å². The van der Waals surface area contributed by atoms with Gasteiger partial charge in [0.2, 0.25) is 0 Å². The summed E-state index contributed by atoms with van der Waals surface area (Å²) in [5, 5.41) is 0. The second kappa shape index (κ2) is 8.23. The first kappa shape index (κ1) is 16.9. The molecule has 1 fully saturated rings. The molecule has 0 radical (unpaired) electrons. The van der Waals surface area contributed by atoms with Crippen LogP contribution in [0.25, 0.3) is 0 Å². The second-order valence-corrected chi connectivity index (χ2v) is 7.29. The zero-order valence-electron chi connectivity index (χ0n) is 15.4. The highest BCUT2D eigenvalue weighted by atomic mass is 15.1. The zero-order chi connectivity index (χ0) is 17.6. The Bertz CT molecular complexity index is 745. The summed E-state index contributed by atoms with van der Waals surface area (Å²) >= 11 is 0. The monoisotopic (exact) mass is 341 g/mol. The van der Waals surface area contributed by atoms with Crippen molar-refractivity contribution in [3.8, 4) is 0 Å². The summed E-state index contributed by atoms with van der Waals surface area (Å²) in [6.45, 7) is 0. The van der Waals surface area contributed by atoms with Crippen molar-refractivity contribution in [3.63, 3.8) is 0 Å². The molecule has 1 aliphatic rings. The maximum absolute atomic E-state index is 2.35. The molecule has 26 heavy (non-hydrogen) atoms. The Labute approximate surface area is 157 Å². The van der Waals surface area contributed by atoms with Crippen molar-refractivity contribution in [2.45, 2.75) is 44.4 Å². The van der Waals surface area contributed by atoms with Gasteiger partial charge >= 0.3 is 0 Å². The highest BCUT2D eigenvalue weighted by Crippen LogP contribution is 2.36. The lowest BCUT2D eigenvalue weighted by atomic mass is 9.91. The van der Waals surface area contributed by atoms with E-state index in [0.29, 0.717) is 0 Å². The van der Waals surface area contributed by atoms with Crippen molar-refractivity contribution < 1.29 is 0 Å². The van der Waals surface area contributed by atoms with Crippen LogP contribution in [0.3, 0.4) is 0 Å². The Balaban J connectivity index is 1.66. The van der Waals surface area contributed by atoms with E-state index >= 15 is 0 Å². The maximum atomic E-state index is 2.35. The van der Waals surface area contributed by atoms with E-state index < -0.39 is 0 Å². The van der Waals surface area contributed by atoms with Gasteiger partial charge in [-0.2, -0.15) is 0 Å². The predicted molar refractivity (Wildman–Crippen MR) is 112 cm³/mol. The van der Waals surface area contributed by atoms with Crippen LogP contribution in [0.5, 0.6) is 0 Å². The predicted octanol–water partition coefficient (Wildman–Crippen LogP) is 7.59. The minimum atomic E-state index is 0.744. The minimum Gasteiger partial charge on any atom is -0.311 e. The fourth-order valence-corrected chi connectivity index (χ4v) is 4.11. The number of rotatable bonds is 4. The molecule has 0 heterocycles. The molecule has 0 saturated heterocycles. The van der Waals surface area contributed by atoms with Crippen LogP contribution in [0.1, 0.15) is 50.0 Å². The molecular formula is C25H27N. The van der Waals surface area contributed by atoms with Gasteiger partial charge in [-0.15, -0.1) is 0 Å². The summed E-state index contributed by atoms with van der Waals surface area (Å²) in [4.78, 5) is 2.33. The van der Waals surface area contributed by atoms with Gasteiger partial charge in [0, 0.05) is 17.1 Å². The molecule has 4 rings (SSSR count). The normalized spacial score (nSPS) is 15.4. The quantitative estimate of drug-likeness (QED) is 0.442. The van der Waals surface area contributed by atoms with Gasteiger partial charge in [0.05, 0.1) is 0 Å². The average Bonchev–Trinajstić information content (AvgIpc) is 3.00. The lowest BCUT2D eigenvalue weighted by molar-refractivity contribution is 0.592. The molecule has 0 aliphatic heterocycles. The topological polar surface area (TPSA) is 3.24 Å². The first-order valence-corrected chi connectivity index (χ1v) is 9.92. The Morgan fingerprint density at radius 3 is 1.46 bits per heavy atom. The standard InChI is InChI=1S/C25H27N/c1-2-6-12-21(11-5-1)22-17-19-25(20-18-22)26(23-13-7-3-8-14-23)24-15-9-4-10-16-24/h3-4,7-10,13-21H,1-2,5-6,11-12H2. The van der Waals surface area contributed by atoms with Gasteiger partial charge in [-0.05, 0) is 60.7 Å². The molecule has 3 aromatic carbocycles. The van der Waals surface area contributed by atoms with Crippen molar-refractivity contribution in [3.05, 3.63) is 90.5 Å². The van der Waals surface area contributed by atoms with E-state index in [4.69, 9.17) is 0 Å². The summed E-state index contributed by atoms with van der Waals surface area (Å²) in [7, 11) is 0. The van der Waals surface area contributed by atoms with Crippen molar-refractivity contribution in [2.75, 3.05) is 4.90 Å². The molecule has 0 bridgehead atoms. The van der Waals surface area contributed by atoms with E-state index in [1.807, 2.05) is 0 Å². The van der Waals surface area contributed by atoms with E-state index in [9.17, 15) is 0 Å². The molecule has 0 atom stereocenters. The minimum absolute atomic E-state index is 0.744. The smallest absolute Gasteiger partial charge is 0.0461 e. The molecular weight excluding hydrogens is 314 g/mol. The van der Waals surface area contributed by atoms with Crippen molar-refractivity contribution in [1.29, 1.82) is 0 Å². The maximum Gasteiger partial charge on any atom is 0.0461 e. The van der Waals surface area contributed by atoms with Crippen LogP contribution in [0.15, 0.2) is 84.9 Å².